The normalized spacial score (nSPS) is 15.2. The Labute approximate surface area is 124 Å². The van der Waals surface area contributed by atoms with Gasteiger partial charge in [-0.05, 0) is 38.2 Å². The molecule has 1 aromatic rings. The zero-order valence-electron chi connectivity index (χ0n) is 12.0. The van der Waals surface area contributed by atoms with E-state index in [0.717, 1.165) is 17.7 Å². The van der Waals surface area contributed by atoms with E-state index in [0.29, 0.717) is 12.1 Å². The number of thioether (sulfide) groups is 1. The van der Waals surface area contributed by atoms with E-state index in [1.54, 1.807) is 0 Å². The van der Waals surface area contributed by atoms with E-state index in [1.807, 2.05) is 36.9 Å². The van der Waals surface area contributed by atoms with Gasteiger partial charge in [0.2, 0.25) is 0 Å². The van der Waals surface area contributed by atoms with Gasteiger partial charge in [0.05, 0.1) is 12.1 Å². The molecule has 4 heteroatoms. The monoisotopic (exact) mass is 288 g/mol. The number of carbonyl (C=O) groups excluding carboxylic acids is 1. The first-order valence-electron chi connectivity index (χ1n) is 6.73. The molecule has 1 fully saturated rings. The maximum absolute atomic E-state index is 12.4. The van der Waals surface area contributed by atoms with Crippen molar-refractivity contribution in [2.45, 2.75) is 24.5 Å². The fourth-order valence-electron chi connectivity index (χ4n) is 2.03. The predicted octanol–water partition coefficient (Wildman–Crippen LogP) is 1.93. The van der Waals surface area contributed by atoms with Crippen molar-refractivity contribution in [1.29, 1.82) is 0 Å². The number of nitrogens with two attached hydrogens (primary N) is 1. The molecule has 3 nitrogen and oxygen atoms in total. The molecule has 20 heavy (non-hydrogen) atoms. The number of hydrogen-bond acceptors (Lipinski definition) is 3. The second kappa shape index (κ2) is 6.34. The molecule has 0 aliphatic heterocycles. The summed E-state index contributed by atoms with van der Waals surface area (Å²) >= 11 is 1.84. The Morgan fingerprint density at radius 3 is 2.85 bits per heavy atom. The van der Waals surface area contributed by atoms with E-state index >= 15 is 0 Å². The van der Waals surface area contributed by atoms with Crippen molar-refractivity contribution in [2.24, 2.45) is 5.73 Å². The van der Waals surface area contributed by atoms with Crippen molar-refractivity contribution in [2.75, 3.05) is 19.3 Å². The van der Waals surface area contributed by atoms with Gasteiger partial charge in [-0.3, -0.25) is 4.79 Å². The van der Waals surface area contributed by atoms with E-state index in [1.165, 1.54) is 12.8 Å². The lowest BCUT2D eigenvalue weighted by molar-refractivity contribution is 0.0952. The molecule has 1 aromatic carbocycles. The van der Waals surface area contributed by atoms with Crippen LogP contribution < -0.4 is 11.1 Å². The zero-order valence-corrected chi connectivity index (χ0v) is 12.8. The summed E-state index contributed by atoms with van der Waals surface area (Å²) in [6.45, 7) is 3.00. The van der Waals surface area contributed by atoms with Gasteiger partial charge in [-0.25, -0.2) is 0 Å². The van der Waals surface area contributed by atoms with Crippen LogP contribution in [-0.2, 0) is 0 Å². The Morgan fingerprint density at radius 1 is 1.50 bits per heavy atom. The lowest BCUT2D eigenvalue weighted by Gasteiger charge is -2.14. The minimum Gasteiger partial charge on any atom is -0.351 e. The van der Waals surface area contributed by atoms with Crippen molar-refractivity contribution in [3.63, 3.8) is 0 Å². The molecular formula is C16H20N2OS. The van der Waals surface area contributed by atoms with Gasteiger partial charge in [-0.2, -0.15) is 11.8 Å². The number of nitrogens with one attached hydrogen (secondary N) is 1. The number of benzene rings is 1. The fourth-order valence-corrected chi connectivity index (χ4v) is 2.76. The van der Waals surface area contributed by atoms with E-state index in [-0.39, 0.29) is 10.7 Å². The average molecular weight is 288 g/mol. The van der Waals surface area contributed by atoms with Gasteiger partial charge in [0.25, 0.3) is 5.91 Å². The van der Waals surface area contributed by atoms with E-state index in [2.05, 4.69) is 23.4 Å². The maximum Gasteiger partial charge on any atom is 0.252 e. The van der Waals surface area contributed by atoms with Crippen molar-refractivity contribution in [3.05, 3.63) is 34.9 Å². The third-order valence-corrected chi connectivity index (χ3v) is 4.98. The molecule has 0 radical (unpaired) electrons. The second-order valence-electron chi connectivity index (χ2n) is 5.12. The highest BCUT2D eigenvalue weighted by Crippen LogP contribution is 2.46. The lowest BCUT2D eigenvalue weighted by Crippen LogP contribution is -2.32. The van der Waals surface area contributed by atoms with Crippen LogP contribution in [0.15, 0.2) is 18.2 Å². The minimum absolute atomic E-state index is 0.0460. The number of rotatable bonds is 4. The first kappa shape index (κ1) is 15.0. The van der Waals surface area contributed by atoms with Gasteiger partial charge < -0.3 is 11.1 Å². The average Bonchev–Trinajstić information content (AvgIpc) is 3.24. The maximum atomic E-state index is 12.4. The Bertz CT molecular complexity index is 568. The van der Waals surface area contributed by atoms with Crippen LogP contribution >= 0.6 is 11.8 Å². The van der Waals surface area contributed by atoms with Gasteiger partial charge in [0, 0.05) is 16.9 Å². The van der Waals surface area contributed by atoms with Crippen LogP contribution in [0.25, 0.3) is 0 Å². The SMILES string of the molecule is CSC1(CNC(=O)c2cc(C)ccc2C#CCN)CC1. The van der Waals surface area contributed by atoms with Gasteiger partial charge in [-0.15, -0.1) is 0 Å². The van der Waals surface area contributed by atoms with E-state index in [4.69, 9.17) is 5.73 Å². The van der Waals surface area contributed by atoms with Crippen LogP contribution in [0, 0.1) is 18.8 Å². The number of carbonyl (C=O) groups is 1. The molecule has 0 atom stereocenters. The molecule has 1 aliphatic carbocycles. The van der Waals surface area contributed by atoms with Crippen molar-refractivity contribution in [1.82, 2.24) is 5.32 Å². The highest BCUT2D eigenvalue weighted by molar-refractivity contribution is 8.00. The Kier molecular flexibility index (Phi) is 4.74. The molecule has 3 N–H and O–H groups in total. The first-order valence-corrected chi connectivity index (χ1v) is 7.96. The summed E-state index contributed by atoms with van der Waals surface area (Å²) in [4.78, 5) is 12.4. The second-order valence-corrected chi connectivity index (χ2v) is 6.40. The largest absolute Gasteiger partial charge is 0.351 e. The third-order valence-electron chi connectivity index (χ3n) is 3.56. The molecule has 1 aliphatic rings. The summed E-state index contributed by atoms with van der Waals surface area (Å²) in [6.07, 6.45) is 4.47. The topological polar surface area (TPSA) is 55.1 Å². The molecule has 1 saturated carbocycles. The van der Waals surface area contributed by atoms with E-state index < -0.39 is 0 Å². The summed E-state index contributed by atoms with van der Waals surface area (Å²) in [5, 5.41) is 3.04. The minimum atomic E-state index is -0.0460. The molecule has 1 amide bonds. The summed E-state index contributed by atoms with van der Waals surface area (Å²) in [6, 6.07) is 5.73. The van der Waals surface area contributed by atoms with Crippen molar-refractivity contribution < 1.29 is 4.79 Å². The summed E-state index contributed by atoms with van der Waals surface area (Å²) in [5.41, 5.74) is 7.84. The lowest BCUT2D eigenvalue weighted by atomic mass is 10.0. The molecule has 2 rings (SSSR count). The molecule has 0 saturated heterocycles. The standard InChI is InChI=1S/C16H20N2OS/c1-12-5-6-13(4-3-9-17)14(10-12)15(19)18-11-16(20-2)7-8-16/h5-6,10H,7-9,11,17H2,1-2H3,(H,18,19). The zero-order chi connectivity index (χ0) is 14.6. The first-order chi connectivity index (χ1) is 9.60. The summed E-state index contributed by atoms with van der Waals surface area (Å²) in [5.74, 6) is 5.73. The summed E-state index contributed by atoms with van der Waals surface area (Å²) in [7, 11) is 0. The Balaban J connectivity index is 2.13. The van der Waals surface area contributed by atoms with E-state index in [9.17, 15) is 4.79 Å². The van der Waals surface area contributed by atoms with Gasteiger partial charge >= 0.3 is 0 Å². The molecule has 0 heterocycles. The van der Waals surface area contributed by atoms with Gasteiger partial charge in [-0.1, -0.05) is 23.5 Å². The van der Waals surface area contributed by atoms with Crippen molar-refractivity contribution in [3.8, 4) is 11.8 Å². The number of hydrogen-bond donors (Lipinski definition) is 2. The third kappa shape index (κ3) is 3.56. The molecule has 106 valence electrons. The Hall–Kier alpha value is -1.44. The predicted molar refractivity (Wildman–Crippen MR) is 84.9 cm³/mol. The highest BCUT2D eigenvalue weighted by atomic mass is 32.2. The van der Waals surface area contributed by atoms with Crippen LogP contribution in [0.3, 0.4) is 0 Å². The van der Waals surface area contributed by atoms with Crippen LogP contribution in [0.4, 0.5) is 0 Å². The molecule has 0 unspecified atom stereocenters. The Morgan fingerprint density at radius 2 is 2.25 bits per heavy atom. The van der Waals surface area contributed by atoms with Crippen LogP contribution in [-0.4, -0.2) is 30.0 Å². The number of amides is 1. The van der Waals surface area contributed by atoms with Crippen LogP contribution in [0.2, 0.25) is 0 Å². The van der Waals surface area contributed by atoms with Crippen LogP contribution in [0.1, 0.15) is 34.3 Å². The highest BCUT2D eigenvalue weighted by Gasteiger charge is 2.42. The van der Waals surface area contributed by atoms with Gasteiger partial charge in [0.15, 0.2) is 0 Å². The molecule has 0 bridgehead atoms. The summed E-state index contributed by atoms with van der Waals surface area (Å²) < 4.78 is 0.266. The van der Waals surface area contributed by atoms with Crippen LogP contribution in [0.5, 0.6) is 0 Å². The van der Waals surface area contributed by atoms with Crippen molar-refractivity contribution >= 4 is 17.7 Å². The smallest absolute Gasteiger partial charge is 0.252 e. The number of aryl methyl sites for hydroxylation is 1. The molecular weight excluding hydrogens is 268 g/mol. The molecule has 0 aromatic heterocycles. The molecule has 0 spiro atoms. The fraction of sp³-hybridized carbons (Fsp3) is 0.438. The van der Waals surface area contributed by atoms with Gasteiger partial charge in [0.1, 0.15) is 0 Å². The quantitative estimate of drug-likeness (QED) is 0.832.